The van der Waals surface area contributed by atoms with E-state index in [-0.39, 0.29) is 43.3 Å². The molecule has 0 bridgehead atoms. The van der Waals surface area contributed by atoms with Crippen molar-refractivity contribution in [3.05, 3.63) is 71.2 Å². The molecule has 0 fully saturated rings. The fourth-order valence-corrected chi connectivity index (χ4v) is 3.74. The van der Waals surface area contributed by atoms with Crippen molar-refractivity contribution in [2.45, 2.75) is 45.8 Å². The number of hydrogen-bond acceptors (Lipinski definition) is 6. The molecule has 0 aliphatic rings. The van der Waals surface area contributed by atoms with Crippen molar-refractivity contribution in [1.29, 1.82) is 0 Å². The summed E-state index contributed by atoms with van der Waals surface area (Å²) >= 11 is 0. The number of unbranched alkanes of at least 4 members (excludes halogenated alkanes) is 1. The minimum atomic E-state index is -4.62. The van der Waals surface area contributed by atoms with E-state index < -0.39 is 12.0 Å². The Balaban J connectivity index is 0.00000228. The Morgan fingerprint density at radius 3 is 2.46 bits per heavy atom. The Bertz CT molecular complexity index is 1250. The summed E-state index contributed by atoms with van der Waals surface area (Å²) < 4.78 is 40.0. The second-order valence-electron chi connectivity index (χ2n) is 7.90. The van der Waals surface area contributed by atoms with Crippen LogP contribution in [0.2, 0.25) is 0 Å². The standard InChI is InChI=1S/C24H24F3N7.Na.H/c1-3-4-10-18-15(2)29-23(24(25,26)27)30-21(18)28-14-16-11-12-19(17-8-6-5-7-9-17)20(13-16)22-31-33-34-32-22;;/h5-9,11-13H,3-4,10,14H2,1-2H3,(H,28,29,30)(H,31,32,33,34);;/q;+1;-1. The van der Waals surface area contributed by atoms with Crippen LogP contribution < -0.4 is 34.9 Å². The Morgan fingerprint density at radius 2 is 1.80 bits per heavy atom. The molecule has 4 aromatic rings. The average molecular weight is 491 g/mol. The van der Waals surface area contributed by atoms with Gasteiger partial charge in [-0.15, -0.1) is 10.2 Å². The number of nitrogens with one attached hydrogen (secondary N) is 2. The zero-order chi connectivity index (χ0) is 24.1. The molecule has 0 atom stereocenters. The Labute approximate surface area is 224 Å². The predicted molar refractivity (Wildman–Crippen MR) is 124 cm³/mol. The summed E-state index contributed by atoms with van der Waals surface area (Å²) in [6.07, 6.45) is -2.27. The number of rotatable bonds is 8. The number of hydrogen-bond donors (Lipinski definition) is 2. The van der Waals surface area contributed by atoms with Crippen LogP contribution in [0.15, 0.2) is 48.5 Å². The van der Waals surface area contributed by atoms with E-state index in [1.54, 1.807) is 6.92 Å². The molecule has 2 aromatic carbocycles. The molecular weight excluding hydrogens is 466 g/mol. The molecule has 0 aliphatic carbocycles. The molecule has 0 saturated heterocycles. The minimum Gasteiger partial charge on any atom is -1.00 e. The van der Waals surface area contributed by atoms with Crippen LogP contribution in [-0.4, -0.2) is 30.6 Å². The van der Waals surface area contributed by atoms with Crippen LogP contribution in [0.1, 0.15) is 43.8 Å². The second kappa shape index (κ2) is 11.7. The Hall–Kier alpha value is -2.82. The Kier molecular flexibility index (Phi) is 8.98. The summed E-state index contributed by atoms with van der Waals surface area (Å²) in [6.45, 7) is 3.89. The van der Waals surface area contributed by atoms with E-state index >= 15 is 0 Å². The van der Waals surface area contributed by atoms with Gasteiger partial charge in [-0.1, -0.05) is 55.8 Å². The topological polar surface area (TPSA) is 92.3 Å². The Morgan fingerprint density at radius 1 is 1.03 bits per heavy atom. The molecule has 4 rings (SSSR count). The van der Waals surface area contributed by atoms with Crippen LogP contribution in [0.4, 0.5) is 19.0 Å². The number of aryl methyl sites for hydroxylation is 1. The number of tetrazole rings is 1. The number of anilines is 1. The van der Waals surface area contributed by atoms with Gasteiger partial charge in [0.25, 0.3) is 0 Å². The van der Waals surface area contributed by atoms with Crippen LogP contribution in [-0.2, 0) is 19.1 Å². The summed E-state index contributed by atoms with van der Waals surface area (Å²) in [5.74, 6) is -0.497. The third kappa shape index (κ3) is 6.45. The van der Waals surface area contributed by atoms with Crippen molar-refractivity contribution in [3.8, 4) is 22.5 Å². The van der Waals surface area contributed by atoms with Crippen molar-refractivity contribution >= 4 is 5.82 Å². The molecule has 0 aliphatic heterocycles. The van der Waals surface area contributed by atoms with Crippen LogP contribution >= 0.6 is 0 Å². The normalized spacial score (nSPS) is 11.2. The largest absolute Gasteiger partial charge is 1.00 e. The quantitative estimate of drug-likeness (QED) is 0.369. The molecule has 2 N–H and O–H groups in total. The number of halogens is 3. The summed E-state index contributed by atoms with van der Waals surface area (Å²) in [5.41, 5.74) is 4.56. The molecule has 0 spiro atoms. The summed E-state index contributed by atoms with van der Waals surface area (Å²) in [7, 11) is 0. The average Bonchev–Trinajstić information content (AvgIpc) is 3.36. The van der Waals surface area contributed by atoms with Crippen molar-refractivity contribution in [3.63, 3.8) is 0 Å². The van der Waals surface area contributed by atoms with Crippen LogP contribution in [0, 0.1) is 6.92 Å². The van der Waals surface area contributed by atoms with Gasteiger partial charge in [0, 0.05) is 23.4 Å². The van der Waals surface area contributed by atoms with E-state index in [2.05, 4.69) is 35.9 Å². The number of benzene rings is 2. The van der Waals surface area contributed by atoms with Gasteiger partial charge in [-0.3, -0.25) is 0 Å². The SMILES string of the molecule is CCCCc1c(C)nc(C(F)(F)F)nc1NCc1ccc(-c2ccccc2)c(-c2nn[nH]n2)c1.[H-].[Na+]. The third-order valence-electron chi connectivity index (χ3n) is 5.46. The van der Waals surface area contributed by atoms with E-state index in [0.717, 1.165) is 35.1 Å². The second-order valence-corrected chi connectivity index (χ2v) is 7.90. The maximum Gasteiger partial charge on any atom is 1.00 e. The van der Waals surface area contributed by atoms with E-state index in [4.69, 9.17) is 0 Å². The van der Waals surface area contributed by atoms with E-state index in [0.29, 0.717) is 23.5 Å². The molecule has 0 unspecified atom stereocenters. The molecule has 7 nitrogen and oxygen atoms in total. The van der Waals surface area contributed by atoms with Crippen LogP contribution in [0.25, 0.3) is 22.5 Å². The molecule has 0 saturated carbocycles. The van der Waals surface area contributed by atoms with Gasteiger partial charge < -0.3 is 6.74 Å². The molecule has 0 amide bonds. The number of H-pyrrole nitrogens is 1. The van der Waals surface area contributed by atoms with Crippen LogP contribution in [0.3, 0.4) is 0 Å². The van der Waals surface area contributed by atoms with Gasteiger partial charge >= 0.3 is 35.7 Å². The maximum absolute atomic E-state index is 13.3. The maximum atomic E-state index is 13.3. The number of alkyl halides is 3. The predicted octanol–water partition coefficient (Wildman–Crippen LogP) is 2.72. The van der Waals surface area contributed by atoms with Gasteiger partial charge in [0.2, 0.25) is 11.6 Å². The van der Waals surface area contributed by atoms with Gasteiger partial charge in [-0.2, -0.15) is 18.4 Å². The first kappa shape index (κ1) is 26.8. The van der Waals surface area contributed by atoms with E-state index in [1.165, 1.54) is 0 Å². The zero-order valence-corrected chi connectivity index (χ0v) is 21.8. The fourth-order valence-electron chi connectivity index (χ4n) is 3.74. The van der Waals surface area contributed by atoms with Crippen molar-refractivity contribution in [1.82, 2.24) is 30.6 Å². The molecule has 11 heteroatoms. The van der Waals surface area contributed by atoms with Crippen molar-refractivity contribution in [2.24, 2.45) is 0 Å². The van der Waals surface area contributed by atoms with Gasteiger partial charge in [0.1, 0.15) is 5.82 Å². The zero-order valence-electron chi connectivity index (χ0n) is 20.8. The molecule has 35 heavy (non-hydrogen) atoms. The van der Waals surface area contributed by atoms with Crippen molar-refractivity contribution in [2.75, 3.05) is 5.32 Å². The number of aromatic amines is 1. The van der Waals surface area contributed by atoms with E-state index in [9.17, 15) is 13.2 Å². The minimum absolute atomic E-state index is 0. The van der Waals surface area contributed by atoms with E-state index in [1.807, 2.05) is 55.5 Å². The summed E-state index contributed by atoms with van der Waals surface area (Å²) in [4.78, 5) is 7.53. The third-order valence-corrected chi connectivity index (χ3v) is 5.46. The molecule has 2 heterocycles. The van der Waals surface area contributed by atoms with Crippen LogP contribution in [0.5, 0.6) is 0 Å². The first-order chi connectivity index (χ1) is 16.4. The summed E-state index contributed by atoms with van der Waals surface area (Å²) in [6, 6.07) is 15.6. The summed E-state index contributed by atoms with van der Waals surface area (Å²) in [5, 5.41) is 17.5. The molecule has 2 aromatic heterocycles. The smallest absolute Gasteiger partial charge is 1.00 e. The number of aromatic nitrogens is 6. The molecule has 0 radical (unpaired) electrons. The fraction of sp³-hybridized carbons (Fsp3) is 0.292. The monoisotopic (exact) mass is 491 g/mol. The van der Waals surface area contributed by atoms with Gasteiger partial charge in [0.15, 0.2) is 0 Å². The van der Waals surface area contributed by atoms with Gasteiger partial charge in [-0.05, 0) is 47.7 Å². The first-order valence-electron chi connectivity index (χ1n) is 11.0. The van der Waals surface area contributed by atoms with Gasteiger partial charge in [0.05, 0.1) is 0 Å². The molecule has 178 valence electrons. The van der Waals surface area contributed by atoms with Crippen molar-refractivity contribution < 1.29 is 44.2 Å². The number of nitrogens with zero attached hydrogens (tertiary/aromatic N) is 5. The molecular formula is C24H25F3N7Na. The first-order valence-corrected chi connectivity index (χ1v) is 11.0. The van der Waals surface area contributed by atoms with Gasteiger partial charge in [-0.25, -0.2) is 9.97 Å².